The number of nitrogens with two attached hydrogens (primary N) is 1. The van der Waals surface area contributed by atoms with Gasteiger partial charge in [0.1, 0.15) is 6.04 Å². The van der Waals surface area contributed by atoms with Gasteiger partial charge in [0.25, 0.3) is 0 Å². The molecule has 0 aromatic carbocycles. The first-order chi connectivity index (χ1) is 7.85. The zero-order valence-corrected chi connectivity index (χ0v) is 9.94. The highest BCUT2D eigenvalue weighted by molar-refractivity contribution is 8.01. The molecule has 0 aliphatic carbocycles. The monoisotopic (exact) mass is 256 g/mol. The van der Waals surface area contributed by atoms with Gasteiger partial charge in [-0.1, -0.05) is 6.08 Å². The molecule has 0 unspecified atom stereocenters. The van der Waals surface area contributed by atoms with Crippen LogP contribution in [0.2, 0.25) is 0 Å². The molecule has 2 saturated heterocycles. The van der Waals surface area contributed by atoms with Gasteiger partial charge in [-0.25, -0.2) is 4.79 Å². The van der Waals surface area contributed by atoms with E-state index in [4.69, 9.17) is 5.73 Å². The molecule has 7 heteroatoms. The van der Waals surface area contributed by atoms with E-state index in [1.807, 2.05) is 0 Å². The summed E-state index contributed by atoms with van der Waals surface area (Å²) in [6, 6.07) is -0.936. The lowest BCUT2D eigenvalue weighted by Crippen LogP contribution is -2.57. The van der Waals surface area contributed by atoms with Crippen LogP contribution in [-0.2, 0) is 14.4 Å². The molecular formula is C10H12N2O4S. The Morgan fingerprint density at radius 3 is 2.76 bits per heavy atom. The Hall–Kier alpha value is -1.50. The topological polar surface area (TPSA) is 101 Å². The Bertz CT molecular complexity index is 436. The van der Waals surface area contributed by atoms with Gasteiger partial charge in [-0.2, -0.15) is 0 Å². The van der Waals surface area contributed by atoms with Crippen molar-refractivity contribution in [3.63, 3.8) is 0 Å². The van der Waals surface area contributed by atoms with Gasteiger partial charge in [0, 0.05) is 6.08 Å². The van der Waals surface area contributed by atoms with Gasteiger partial charge in [0.2, 0.25) is 11.8 Å². The van der Waals surface area contributed by atoms with Crippen LogP contribution in [0.1, 0.15) is 13.3 Å². The molecule has 2 aliphatic rings. The van der Waals surface area contributed by atoms with E-state index in [1.165, 1.54) is 22.7 Å². The fraction of sp³-hybridized carbons (Fsp3) is 0.500. The van der Waals surface area contributed by atoms with Gasteiger partial charge in [-0.3, -0.25) is 9.59 Å². The van der Waals surface area contributed by atoms with Crippen molar-refractivity contribution in [1.29, 1.82) is 0 Å². The average molecular weight is 256 g/mol. The first-order valence-corrected chi connectivity index (χ1v) is 5.93. The number of rotatable bonds is 3. The van der Waals surface area contributed by atoms with Gasteiger partial charge in [-0.05, 0) is 6.92 Å². The van der Waals surface area contributed by atoms with E-state index >= 15 is 0 Å². The lowest BCUT2D eigenvalue weighted by molar-refractivity contribution is -0.156. The van der Waals surface area contributed by atoms with Gasteiger partial charge in [0.05, 0.1) is 16.5 Å². The number of carboxylic acid groups (broad SMARTS) is 1. The summed E-state index contributed by atoms with van der Waals surface area (Å²) in [6.45, 7) is 1.70. The van der Waals surface area contributed by atoms with Gasteiger partial charge in [0.15, 0.2) is 0 Å². The number of thioether (sulfide) groups is 1. The smallest absolute Gasteiger partial charge is 0.328 e. The molecular weight excluding hydrogens is 244 g/mol. The molecule has 3 N–H and O–H groups in total. The molecule has 6 nitrogen and oxygen atoms in total. The van der Waals surface area contributed by atoms with Crippen molar-refractivity contribution in [2.75, 3.05) is 0 Å². The summed E-state index contributed by atoms with van der Waals surface area (Å²) in [6.07, 6.45) is 2.98. The maximum Gasteiger partial charge on any atom is 0.328 e. The molecule has 0 bridgehead atoms. The van der Waals surface area contributed by atoms with Gasteiger partial charge in [-0.15, -0.1) is 11.8 Å². The molecule has 92 valence electrons. The lowest BCUT2D eigenvalue weighted by atomic mass is 9.96. The Balaban J connectivity index is 2.30. The molecule has 2 fully saturated rings. The highest BCUT2D eigenvalue weighted by Crippen LogP contribution is 2.51. The maximum atomic E-state index is 11.4. The highest BCUT2D eigenvalue weighted by atomic mass is 32.2. The van der Waals surface area contributed by atoms with Gasteiger partial charge < -0.3 is 15.7 Å². The minimum Gasteiger partial charge on any atom is -0.480 e. The van der Waals surface area contributed by atoms with Crippen molar-refractivity contribution in [2.24, 2.45) is 5.73 Å². The third kappa shape index (κ3) is 1.80. The largest absolute Gasteiger partial charge is 0.480 e. The summed E-state index contributed by atoms with van der Waals surface area (Å²) in [5.41, 5.74) is 5.00. The van der Waals surface area contributed by atoms with Crippen LogP contribution >= 0.6 is 11.8 Å². The SMILES string of the molecule is C[C@@]1(/C=C\C(N)=O)S[C@@H]2CC(=O)N2[C@H]1C(=O)O. The van der Waals surface area contributed by atoms with E-state index in [0.29, 0.717) is 6.42 Å². The number of carbonyl (C=O) groups is 3. The number of nitrogens with zero attached hydrogens (tertiary/aromatic N) is 1. The average Bonchev–Trinajstić information content (AvgIpc) is 2.45. The first-order valence-electron chi connectivity index (χ1n) is 5.05. The summed E-state index contributed by atoms with van der Waals surface area (Å²) in [4.78, 5) is 34.7. The number of carboxylic acids is 1. The predicted octanol–water partition coefficient (Wildman–Crippen LogP) is -0.455. The summed E-state index contributed by atoms with van der Waals surface area (Å²) < 4.78 is -0.808. The Labute approximate surface area is 102 Å². The number of β-lactam (4-membered cyclic amide) rings is 1. The predicted molar refractivity (Wildman–Crippen MR) is 61.0 cm³/mol. The summed E-state index contributed by atoms with van der Waals surface area (Å²) in [5.74, 6) is -1.85. The number of amides is 2. The fourth-order valence-corrected chi connectivity index (χ4v) is 3.84. The van der Waals surface area contributed by atoms with Crippen molar-refractivity contribution >= 4 is 29.5 Å². The van der Waals surface area contributed by atoms with Crippen LogP contribution < -0.4 is 5.73 Å². The summed E-state index contributed by atoms with van der Waals surface area (Å²) in [7, 11) is 0. The molecule has 0 saturated carbocycles. The standard InChI is InChI=1S/C10H12N2O4S/c1-10(3-2-5(11)13)8(9(15)16)12-6(14)4-7(12)17-10/h2-3,7-8H,4H2,1H3,(H2,11,13)(H,15,16)/b3-2-/t7-,8+,10+/m1/s1. The van der Waals surface area contributed by atoms with Crippen molar-refractivity contribution < 1.29 is 19.5 Å². The highest BCUT2D eigenvalue weighted by Gasteiger charge is 2.59. The number of aliphatic carboxylic acids is 1. The van der Waals surface area contributed by atoms with Crippen LogP contribution in [0, 0.1) is 0 Å². The van der Waals surface area contributed by atoms with E-state index < -0.39 is 22.7 Å². The molecule has 2 rings (SSSR count). The van der Waals surface area contributed by atoms with E-state index in [0.717, 1.165) is 6.08 Å². The molecule has 3 atom stereocenters. The zero-order chi connectivity index (χ0) is 12.8. The quantitative estimate of drug-likeness (QED) is 0.526. The summed E-state index contributed by atoms with van der Waals surface area (Å²) in [5, 5.41) is 9.09. The van der Waals surface area contributed by atoms with E-state index in [-0.39, 0.29) is 11.3 Å². The molecule has 0 aromatic rings. The zero-order valence-electron chi connectivity index (χ0n) is 9.12. The normalized spacial score (nSPS) is 35.8. The van der Waals surface area contributed by atoms with Crippen molar-refractivity contribution in [1.82, 2.24) is 4.90 Å². The molecule has 2 amide bonds. The fourth-order valence-electron chi connectivity index (χ4n) is 2.19. The minimum atomic E-state index is -1.07. The molecule has 2 aliphatic heterocycles. The van der Waals surface area contributed by atoms with Crippen molar-refractivity contribution in [3.05, 3.63) is 12.2 Å². The summed E-state index contributed by atoms with van der Waals surface area (Å²) >= 11 is 1.37. The number of primary amides is 1. The molecule has 0 aromatic heterocycles. The Morgan fingerprint density at radius 1 is 1.65 bits per heavy atom. The maximum absolute atomic E-state index is 11.4. The van der Waals surface area contributed by atoms with E-state index in [9.17, 15) is 19.5 Å². The van der Waals surface area contributed by atoms with Crippen molar-refractivity contribution in [2.45, 2.75) is 29.5 Å². The number of carbonyl (C=O) groups excluding carboxylic acids is 2. The van der Waals surface area contributed by atoms with E-state index in [2.05, 4.69) is 0 Å². The Morgan fingerprint density at radius 2 is 2.29 bits per heavy atom. The second-order valence-electron chi connectivity index (χ2n) is 4.24. The molecule has 0 radical (unpaired) electrons. The van der Waals surface area contributed by atoms with Crippen LogP contribution in [-0.4, -0.2) is 44.0 Å². The third-order valence-electron chi connectivity index (χ3n) is 2.97. The second-order valence-corrected chi connectivity index (χ2v) is 5.90. The van der Waals surface area contributed by atoms with Crippen LogP contribution in [0.15, 0.2) is 12.2 Å². The number of hydrogen-bond acceptors (Lipinski definition) is 4. The van der Waals surface area contributed by atoms with Crippen LogP contribution in [0.3, 0.4) is 0 Å². The van der Waals surface area contributed by atoms with E-state index in [1.54, 1.807) is 6.92 Å². The van der Waals surface area contributed by atoms with Gasteiger partial charge >= 0.3 is 5.97 Å². The van der Waals surface area contributed by atoms with Crippen molar-refractivity contribution in [3.8, 4) is 0 Å². The molecule has 17 heavy (non-hydrogen) atoms. The second kappa shape index (κ2) is 3.76. The third-order valence-corrected chi connectivity index (χ3v) is 4.50. The van der Waals surface area contributed by atoms with Crippen LogP contribution in [0.4, 0.5) is 0 Å². The molecule has 0 spiro atoms. The van der Waals surface area contributed by atoms with Crippen LogP contribution in [0.5, 0.6) is 0 Å². The number of fused-ring (bicyclic) bond motifs is 1. The lowest BCUT2D eigenvalue weighted by Gasteiger charge is -2.36. The number of hydrogen-bond donors (Lipinski definition) is 2. The Kier molecular flexibility index (Phi) is 2.65. The first kappa shape index (κ1) is 12.0. The molecule has 2 heterocycles. The minimum absolute atomic E-state index is 0.105. The van der Waals surface area contributed by atoms with Crippen LogP contribution in [0.25, 0.3) is 0 Å².